The van der Waals surface area contributed by atoms with Gasteiger partial charge < -0.3 is 15.4 Å². The van der Waals surface area contributed by atoms with Crippen molar-refractivity contribution in [2.24, 2.45) is 5.73 Å². The van der Waals surface area contributed by atoms with Crippen molar-refractivity contribution in [1.82, 2.24) is 4.90 Å². The minimum absolute atomic E-state index is 0.0859. The fourth-order valence-corrected chi connectivity index (χ4v) is 1.55. The summed E-state index contributed by atoms with van der Waals surface area (Å²) >= 11 is 0. The summed E-state index contributed by atoms with van der Waals surface area (Å²) in [5.74, 6) is 0. The standard InChI is InChI=1S/C10H19FN2O2/c1-10(2,3)15-9(14)13-5-7(11)4-8(12)6-13/h7-8H,4-6,12H2,1-3H3/t7-,8-/m0/s1. The monoisotopic (exact) mass is 218 g/mol. The van der Waals surface area contributed by atoms with Gasteiger partial charge in [-0.05, 0) is 27.2 Å². The van der Waals surface area contributed by atoms with Gasteiger partial charge in [-0.1, -0.05) is 0 Å². The van der Waals surface area contributed by atoms with Crippen LogP contribution in [0.1, 0.15) is 27.2 Å². The molecule has 0 saturated carbocycles. The Morgan fingerprint density at radius 1 is 1.47 bits per heavy atom. The van der Waals surface area contributed by atoms with Crippen molar-refractivity contribution in [3.05, 3.63) is 0 Å². The molecule has 0 bridgehead atoms. The van der Waals surface area contributed by atoms with Crippen LogP contribution in [0.15, 0.2) is 0 Å². The maximum absolute atomic E-state index is 13.1. The molecule has 2 N–H and O–H groups in total. The Morgan fingerprint density at radius 2 is 2.07 bits per heavy atom. The van der Waals surface area contributed by atoms with Crippen LogP contribution in [0.5, 0.6) is 0 Å². The van der Waals surface area contributed by atoms with Gasteiger partial charge in [-0.3, -0.25) is 0 Å². The van der Waals surface area contributed by atoms with E-state index in [0.717, 1.165) is 0 Å². The fraction of sp³-hybridized carbons (Fsp3) is 0.900. The lowest BCUT2D eigenvalue weighted by molar-refractivity contribution is 0.0115. The number of amides is 1. The van der Waals surface area contributed by atoms with Crippen LogP contribution in [0.2, 0.25) is 0 Å². The maximum Gasteiger partial charge on any atom is 0.410 e. The molecule has 4 nitrogen and oxygen atoms in total. The molecule has 2 atom stereocenters. The predicted molar refractivity (Wildman–Crippen MR) is 55.3 cm³/mol. The Bertz CT molecular complexity index is 230. The highest BCUT2D eigenvalue weighted by atomic mass is 19.1. The number of hydrogen-bond donors (Lipinski definition) is 1. The summed E-state index contributed by atoms with van der Waals surface area (Å²) in [6.45, 7) is 5.79. The van der Waals surface area contributed by atoms with Gasteiger partial charge in [-0.15, -0.1) is 0 Å². The molecule has 5 heteroatoms. The van der Waals surface area contributed by atoms with Gasteiger partial charge in [0.05, 0.1) is 6.54 Å². The first kappa shape index (κ1) is 12.2. The summed E-state index contributed by atoms with van der Waals surface area (Å²) in [7, 11) is 0. The van der Waals surface area contributed by atoms with E-state index in [2.05, 4.69) is 0 Å². The quantitative estimate of drug-likeness (QED) is 0.666. The van der Waals surface area contributed by atoms with Gasteiger partial charge in [0.25, 0.3) is 0 Å². The second-order valence-electron chi connectivity index (χ2n) is 4.98. The third-order valence-electron chi connectivity index (χ3n) is 2.08. The zero-order valence-corrected chi connectivity index (χ0v) is 9.50. The summed E-state index contributed by atoms with van der Waals surface area (Å²) in [6.07, 6.45) is -1.21. The first-order valence-electron chi connectivity index (χ1n) is 5.15. The normalized spacial score (nSPS) is 27.7. The maximum atomic E-state index is 13.1. The highest BCUT2D eigenvalue weighted by Gasteiger charge is 2.30. The molecule has 0 unspecified atom stereocenters. The molecule has 0 aromatic rings. The van der Waals surface area contributed by atoms with Gasteiger partial charge in [-0.25, -0.2) is 9.18 Å². The predicted octanol–water partition coefficient (Wildman–Crippen LogP) is 1.29. The van der Waals surface area contributed by atoms with Crippen LogP contribution in [0.4, 0.5) is 9.18 Å². The third kappa shape index (κ3) is 4.03. The van der Waals surface area contributed by atoms with Gasteiger partial charge >= 0.3 is 6.09 Å². The number of nitrogens with two attached hydrogens (primary N) is 1. The Morgan fingerprint density at radius 3 is 2.53 bits per heavy atom. The number of likely N-dealkylation sites (tertiary alicyclic amines) is 1. The van der Waals surface area contributed by atoms with E-state index < -0.39 is 17.9 Å². The summed E-state index contributed by atoms with van der Waals surface area (Å²) < 4.78 is 18.3. The number of nitrogens with zero attached hydrogens (tertiary/aromatic N) is 1. The summed E-state index contributed by atoms with van der Waals surface area (Å²) in [5.41, 5.74) is 5.08. The lowest BCUT2D eigenvalue weighted by atomic mass is 10.1. The smallest absolute Gasteiger partial charge is 0.410 e. The average molecular weight is 218 g/mol. The van der Waals surface area contributed by atoms with E-state index in [4.69, 9.17) is 10.5 Å². The molecule has 1 heterocycles. The average Bonchev–Trinajstić information content (AvgIpc) is 1.98. The molecule has 1 rings (SSSR count). The zero-order valence-electron chi connectivity index (χ0n) is 9.50. The number of hydrogen-bond acceptors (Lipinski definition) is 3. The molecule has 1 aliphatic heterocycles. The van der Waals surface area contributed by atoms with Crippen molar-refractivity contribution in [1.29, 1.82) is 0 Å². The molecule has 0 aliphatic carbocycles. The molecule has 1 aliphatic rings. The Hall–Kier alpha value is -0.840. The van der Waals surface area contributed by atoms with Crippen molar-refractivity contribution >= 4 is 6.09 Å². The highest BCUT2D eigenvalue weighted by Crippen LogP contribution is 2.16. The van der Waals surface area contributed by atoms with E-state index in [-0.39, 0.29) is 12.6 Å². The lowest BCUT2D eigenvalue weighted by Crippen LogP contribution is -2.51. The summed E-state index contributed by atoms with van der Waals surface area (Å²) in [4.78, 5) is 12.9. The van der Waals surface area contributed by atoms with Crippen molar-refractivity contribution < 1.29 is 13.9 Å². The van der Waals surface area contributed by atoms with E-state index in [0.29, 0.717) is 13.0 Å². The second kappa shape index (κ2) is 4.35. The number of alkyl halides is 1. The number of halogens is 1. The first-order chi connectivity index (χ1) is 6.78. The van der Waals surface area contributed by atoms with Crippen molar-refractivity contribution in [3.8, 4) is 0 Å². The molecule has 0 spiro atoms. The number of piperidine rings is 1. The summed E-state index contributed by atoms with van der Waals surface area (Å²) in [5, 5.41) is 0. The van der Waals surface area contributed by atoms with Crippen LogP contribution in [0.25, 0.3) is 0 Å². The molecule has 0 aromatic heterocycles. The molecule has 1 fully saturated rings. The van der Waals surface area contributed by atoms with Crippen LogP contribution >= 0.6 is 0 Å². The Labute approximate surface area is 89.6 Å². The molecule has 15 heavy (non-hydrogen) atoms. The van der Waals surface area contributed by atoms with Gasteiger partial charge in [-0.2, -0.15) is 0 Å². The van der Waals surface area contributed by atoms with Crippen molar-refractivity contribution in [2.45, 2.75) is 45.0 Å². The number of carbonyl (C=O) groups excluding carboxylic acids is 1. The van der Waals surface area contributed by atoms with Crippen LogP contribution in [-0.4, -0.2) is 41.9 Å². The topological polar surface area (TPSA) is 55.6 Å². The number of ether oxygens (including phenoxy) is 1. The molecule has 1 amide bonds. The minimum atomic E-state index is -1.04. The largest absolute Gasteiger partial charge is 0.444 e. The van der Waals surface area contributed by atoms with Crippen LogP contribution < -0.4 is 5.73 Å². The SMILES string of the molecule is CC(C)(C)OC(=O)N1C[C@@H](N)C[C@H](F)C1. The van der Waals surface area contributed by atoms with Crippen LogP contribution in [0, 0.1) is 0 Å². The van der Waals surface area contributed by atoms with Gasteiger partial charge in [0.1, 0.15) is 11.8 Å². The van der Waals surface area contributed by atoms with Gasteiger partial charge in [0.15, 0.2) is 0 Å². The van der Waals surface area contributed by atoms with Gasteiger partial charge in [0.2, 0.25) is 0 Å². The Kier molecular flexibility index (Phi) is 3.54. The van der Waals surface area contributed by atoms with Gasteiger partial charge in [0, 0.05) is 12.6 Å². The van der Waals surface area contributed by atoms with Crippen molar-refractivity contribution in [2.75, 3.05) is 13.1 Å². The molecular formula is C10H19FN2O2. The molecule has 88 valence electrons. The minimum Gasteiger partial charge on any atom is -0.444 e. The summed E-state index contributed by atoms with van der Waals surface area (Å²) in [6, 6.07) is -0.290. The lowest BCUT2D eigenvalue weighted by Gasteiger charge is -2.34. The van der Waals surface area contributed by atoms with Crippen LogP contribution in [-0.2, 0) is 4.74 Å². The van der Waals surface area contributed by atoms with E-state index in [9.17, 15) is 9.18 Å². The highest BCUT2D eigenvalue weighted by molar-refractivity contribution is 5.68. The number of rotatable bonds is 0. The molecule has 0 radical (unpaired) electrons. The zero-order chi connectivity index (χ0) is 11.6. The molecule has 1 saturated heterocycles. The second-order valence-corrected chi connectivity index (χ2v) is 4.98. The third-order valence-corrected chi connectivity index (χ3v) is 2.08. The Balaban J connectivity index is 2.52. The van der Waals surface area contributed by atoms with E-state index >= 15 is 0 Å². The molecular weight excluding hydrogens is 199 g/mol. The molecule has 0 aromatic carbocycles. The first-order valence-corrected chi connectivity index (χ1v) is 5.15. The van der Waals surface area contributed by atoms with Crippen molar-refractivity contribution in [3.63, 3.8) is 0 Å². The van der Waals surface area contributed by atoms with E-state index in [1.54, 1.807) is 20.8 Å². The fourth-order valence-electron chi connectivity index (χ4n) is 1.55. The van der Waals surface area contributed by atoms with Crippen LogP contribution in [0.3, 0.4) is 0 Å². The van der Waals surface area contributed by atoms with E-state index in [1.807, 2.05) is 0 Å². The number of carbonyl (C=O) groups is 1. The van der Waals surface area contributed by atoms with E-state index in [1.165, 1.54) is 4.90 Å².